The van der Waals surface area contributed by atoms with Crippen molar-refractivity contribution in [3.63, 3.8) is 0 Å². The first-order chi connectivity index (χ1) is 11.7. The predicted octanol–water partition coefficient (Wildman–Crippen LogP) is 5.50. The number of piperidine rings is 1. The van der Waals surface area contributed by atoms with E-state index < -0.39 is 0 Å². The molecule has 0 spiro atoms. The van der Waals surface area contributed by atoms with Crippen LogP contribution in [0.25, 0.3) is 10.9 Å². The van der Waals surface area contributed by atoms with Crippen LogP contribution in [0.1, 0.15) is 31.7 Å². The number of hydrogen-bond acceptors (Lipinski definition) is 2. The van der Waals surface area contributed by atoms with Gasteiger partial charge in [-0.25, -0.2) is 4.39 Å². The van der Waals surface area contributed by atoms with E-state index in [0.29, 0.717) is 5.92 Å². The zero-order valence-corrected chi connectivity index (χ0v) is 13.8. The van der Waals surface area contributed by atoms with Crippen molar-refractivity contribution in [1.82, 2.24) is 9.88 Å². The van der Waals surface area contributed by atoms with E-state index >= 15 is 0 Å². The van der Waals surface area contributed by atoms with Gasteiger partial charge < -0.3 is 15.2 Å². The van der Waals surface area contributed by atoms with E-state index in [1.54, 1.807) is 12.1 Å². The van der Waals surface area contributed by atoms with Gasteiger partial charge in [-0.2, -0.15) is 0 Å². The third kappa shape index (κ3) is 3.69. The summed E-state index contributed by atoms with van der Waals surface area (Å²) in [6.45, 7) is 2.34. The van der Waals surface area contributed by atoms with Crippen molar-refractivity contribution >= 4 is 22.3 Å². The zero-order chi connectivity index (χ0) is 16.5. The van der Waals surface area contributed by atoms with Gasteiger partial charge in [-0.05, 0) is 80.9 Å². The summed E-state index contributed by atoms with van der Waals surface area (Å²) in [5.41, 5.74) is 4.48. The van der Waals surface area contributed by atoms with Crippen LogP contribution in [0.3, 0.4) is 0 Å². The largest absolute Gasteiger partial charge is 0.361 e. The van der Waals surface area contributed by atoms with Gasteiger partial charge in [0.05, 0.1) is 0 Å². The molecule has 2 aromatic carbocycles. The second-order valence-corrected chi connectivity index (χ2v) is 6.71. The lowest BCUT2D eigenvalue weighted by Gasteiger charge is -2.28. The summed E-state index contributed by atoms with van der Waals surface area (Å²) >= 11 is 0. The molecule has 1 aliphatic rings. The minimum Gasteiger partial charge on any atom is -0.361 e. The summed E-state index contributed by atoms with van der Waals surface area (Å²) in [4.78, 5) is 5.82. The number of aromatic nitrogens is 1. The number of nitrogens with one attached hydrogen (secondary N) is 2. The van der Waals surface area contributed by atoms with Crippen LogP contribution in [-0.4, -0.2) is 30.0 Å². The number of hydrogen-bond donors (Lipinski definition) is 2. The maximum atomic E-state index is 13.0. The molecule has 1 aromatic heterocycles. The topological polar surface area (TPSA) is 31.1 Å². The molecule has 0 unspecified atom stereocenters. The molecule has 1 fully saturated rings. The second kappa shape index (κ2) is 7.28. The fourth-order valence-electron chi connectivity index (χ4n) is 3.58. The number of likely N-dealkylation sites (tertiary alicyclic amines) is 1. The van der Waals surface area contributed by atoms with Crippen LogP contribution in [0.2, 0.25) is 0 Å². The molecule has 1 saturated heterocycles. The summed E-state index contributed by atoms with van der Waals surface area (Å²) in [7, 11) is 2.19. The molecule has 3 nitrogen and oxygen atoms in total. The number of halogens is 1. The van der Waals surface area contributed by atoms with Gasteiger partial charge in [0.25, 0.3) is 0 Å². The van der Waals surface area contributed by atoms with Gasteiger partial charge >= 0.3 is 0 Å². The van der Waals surface area contributed by atoms with Gasteiger partial charge in [0.15, 0.2) is 0 Å². The van der Waals surface area contributed by atoms with Crippen LogP contribution in [0.5, 0.6) is 0 Å². The third-order valence-electron chi connectivity index (χ3n) is 5.01. The number of H-pyrrole nitrogens is 1. The Morgan fingerprint density at radius 3 is 2.44 bits per heavy atom. The van der Waals surface area contributed by atoms with Crippen LogP contribution in [-0.2, 0) is 0 Å². The van der Waals surface area contributed by atoms with Gasteiger partial charge in [0.2, 0.25) is 0 Å². The molecule has 3 aromatic rings. The van der Waals surface area contributed by atoms with E-state index in [9.17, 15) is 4.39 Å². The molecule has 2 heterocycles. The van der Waals surface area contributed by atoms with Gasteiger partial charge in [-0.15, -0.1) is 0 Å². The Bertz CT molecular complexity index is 830. The Morgan fingerprint density at radius 2 is 1.72 bits per heavy atom. The molecular weight excluding hydrogens is 313 g/mol. The minimum absolute atomic E-state index is 0. The molecule has 1 aliphatic heterocycles. The normalized spacial score (nSPS) is 15.9. The highest BCUT2D eigenvalue weighted by Gasteiger charge is 2.20. The Kier molecular flexibility index (Phi) is 5.09. The molecule has 25 heavy (non-hydrogen) atoms. The summed E-state index contributed by atoms with van der Waals surface area (Å²) in [6, 6.07) is 12.8. The molecule has 4 rings (SSSR count). The van der Waals surface area contributed by atoms with Crippen molar-refractivity contribution in [1.29, 1.82) is 0 Å². The first-order valence-electron chi connectivity index (χ1n) is 8.51. The molecule has 132 valence electrons. The third-order valence-corrected chi connectivity index (χ3v) is 5.01. The number of nitrogens with zero attached hydrogens (tertiary/aromatic N) is 1. The maximum Gasteiger partial charge on any atom is 0.123 e. The van der Waals surface area contributed by atoms with E-state index in [0.717, 1.165) is 16.9 Å². The average molecular weight is 339 g/mol. The SMILES string of the molecule is C.CN1CCC(c2c[nH]c3cc(Nc4ccc(F)cc4)ccc23)CC1. The Balaban J connectivity index is 0.00000182. The van der Waals surface area contributed by atoms with E-state index in [1.165, 1.54) is 49.0 Å². The van der Waals surface area contributed by atoms with Crippen LogP contribution < -0.4 is 5.32 Å². The lowest BCUT2D eigenvalue weighted by atomic mass is 9.89. The predicted molar refractivity (Wildman–Crippen MR) is 104 cm³/mol. The van der Waals surface area contributed by atoms with Gasteiger partial charge in [0.1, 0.15) is 5.82 Å². The number of fused-ring (bicyclic) bond motifs is 1. The van der Waals surface area contributed by atoms with Crippen LogP contribution >= 0.6 is 0 Å². The number of aromatic amines is 1. The minimum atomic E-state index is -0.219. The highest BCUT2D eigenvalue weighted by molar-refractivity contribution is 5.87. The van der Waals surface area contributed by atoms with Gasteiger partial charge in [0, 0.05) is 28.5 Å². The van der Waals surface area contributed by atoms with Crippen molar-refractivity contribution in [3.8, 4) is 0 Å². The molecule has 0 saturated carbocycles. The molecule has 0 atom stereocenters. The zero-order valence-electron chi connectivity index (χ0n) is 13.8. The Hall–Kier alpha value is -2.33. The lowest BCUT2D eigenvalue weighted by molar-refractivity contribution is 0.256. The monoisotopic (exact) mass is 339 g/mol. The lowest BCUT2D eigenvalue weighted by Crippen LogP contribution is -2.29. The summed E-state index contributed by atoms with van der Waals surface area (Å²) in [6.07, 6.45) is 4.61. The van der Waals surface area contributed by atoms with E-state index in [-0.39, 0.29) is 13.2 Å². The maximum absolute atomic E-state index is 13.0. The second-order valence-electron chi connectivity index (χ2n) is 6.71. The van der Waals surface area contributed by atoms with E-state index in [4.69, 9.17) is 0 Å². The smallest absolute Gasteiger partial charge is 0.123 e. The fraction of sp³-hybridized carbons (Fsp3) is 0.333. The Morgan fingerprint density at radius 1 is 1.04 bits per heavy atom. The van der Waals surface area contributed by atoms with Crippen LogP contribution in [0, 0.1) is 5.82 Å². The standard InChI is InChI=1S/C20H22FN3.CH4/c1-24-10-8-14(9-11-24)19-13-22-20-12-17(6-7-18(19)20)23-16-4-2-15(21)3-5-16;/h2-7,12-14,22-23H,8-11H2,1H3;1H4. The van der Waals surface area contributed by atoms with Crippen molar-refractivity contribution in [2.24, 2.45) is 0 Å². The first-order valence-corrected chi connectivity index (χ1v) is 8.51. The highest BCUT2D eigenvalue weighted by atomic mass is 19.1. The van der Waals surface area contributed by atoms with E-state index in [1.807, 2.05) is 0 Å². The molecule has 0 aliphatic carbocycles. The molecule has 4 heteroatoms. The molecule has 0 radical (unpaired) electrons. The highest BCUT2D eigenvalue weighted by Crippen LogP contribution is 2.34. The molecule has 0 amide bonds. The quantitative estimate of drug-likeness (QED) is 0.660. The molecular formula is C21H26FN3. The molecule has 2 N–H and O–H groups in total. The van der Waals surface area contributed by atoms with Crippen molar-refractivity contribution in [3.05, 3.63) is 60.0 Å². The van der Waals surface area contributed by atoms with Crippen LogP contribution in [0.15, 0.2) is 48.7 Å². The number of rotatable bonds is 3. The van der Waals surface area contributed by atoms with Gasteiger partial charge in [-0.1, -0.05) is 13.5 Å². The summed E-state index contributed by atoms with van der Waals surface area (Å²) < 4.78 is 13.0. The number of benzene rings is 2. The molecule has 0 bridgehead atoms. The summed E-state index contributed by atoms with van der Waals surface area (Å²) in [5, 5.41) is 4.64. The fourth-order valence-corrected chi connectivity index (χ4v) is 3.58. The van der Waals surface area contributed by atoms with Crippen molar-refractivity contribution in [2.75, 3.05) is 25.5 Å². The van der Waals surface area contributed by atoms with Crippen LogP contribution in [0.4, 0.5) is 15.8 Å². The van der Waals surface area contributed by atoms with Crippen molar-refractivity contribution in [2.45, 2.75) is 26.2 Å². The Labute approximate surface area is 148 Å². The van der Waals surface area contributed by atoms with Crippen molar-refractivity contribution < 1.29 is 4.39 Å². The van der Waals surface area contributed by atoms with Gasteiger partial charge in [-0.3, -0.25) is 0 Å². The number of anilines is 2. The average Bonchev–Trinajstić information content (AvgIpc) is 3.01. The van der Waals surface area contributed by atoms with E-state index in [2.05, 4.69) is 46.6 Å². The first kappa shape index (κ1) is 17.5. The summed E-state index contributed by atoms with van der Waals surface area (Å²) in [5.74, 6) is 0.425.